The number of halogens is 1. The maximum atomic E-state index is 10.9. The minimum Gasteiger partial charge on any atom is -0.369 e. The van der Waals surface area contributed by atoms with Gasteiger partial charge >= 0.3 is 0 Å². The number of nitro groups is 1. The van der Waals surface area contributed by atoms with Crippen molar-refractivity contribution in [2.75, 3.05) is 31.1 Å². The van der Waals surface area contributed by atoms with E-state index in [0.717, 1.165) is 31.7 Å². The molecule has 0 amide bonds. The van der Waals surface area contributed by atoms with Crippen molar-refractivity contribution in [3.63, 3.8) is 0 Å². The molecule has 3 rings (SSSR count). The lowest BCUT2D eigenvalue weighted by Gasteiger charge is -2.36. The van der Waals surface area contributed by atoms with E-state index in [1.807, 2.05) is 18.2 Å². The molecule has 5 nitrogen and oxygen atoms in total. The van der Waals surface area contributed by atoms with Gasteiger partial charge in [0.15, 0.2) is 0 Å². The van der Waals surface area contributed by atoms with Gasteiger partial charge in [-0.05, 0) is 23.8 Å². The van der Waals surface area contributed by atoms with Crippen LogP contribution in [0.3, 0.4) is 0 Å². The summed E-state index contributed by atoms with van der Waals surface area (Å²) < 4.78 is 0. The van der Waals surface area contributed by atoms with Crippen LogP contribution in [-0.4, -0.2) is 36.0 Å². The van der Waals surface area contributed by atoms with E-state index in [1.54, 1.807) is 12.1 Å². The summed E-state index contributed by atoms with van der Waals surface area (Å²) in [5, 5.41) is 11.5. The van der Waals surface area contributed by atoms with E-state index in [4.69, 9.17) is 11.6 Å². The molecule has 1 heterocycles. The lowest BCUT2D eigenvalue weighted by atomic mass is 10.1. The van der Waals surface area contributed by atoms with Gasteiger partial charge in [0, 0.05) is 55.6 Å². The summed E-state index contributed by atoms with van der Waals surface area (Å²) in [6.07, 6.45) is 0. The molecule has 0 spiro atoms. The van der Waals surface area contributed by atoms with Crippen LogP contribution in [0.15, 0.2) is 48.5 Å². The highest BCUT2D eigenvalue weighted by Crippen LogP contribution is 2.24. The average Bonchev–Trinajstić information content (AvgIpc) is 2.58. The topological polar surface area (TPSA) is 49.6 Å². The Morgan fingerprint density at radius 3 is 2.39 bits per heavy atom. The molecule has 2 aromatic rings. The number of rotatable bonds is 4. The number of nitrogens with zero attached hydrogens (tertiary/aromatic N) is 3. The molecule has 0 radical (unpaired) electrons. The zero-order valence-electron chi connectivity index (χ0n) is 12.7. The van der Waals surface area contributed by atoms with E-state index in [1.165, 1.54) is 11.8 Å². The molecule has 0 saturated carbocycles. The van der Waals surface area contributed by atoms with Crippen molar-refractivity contribution in [3.8, 4) is 0 Å². The van der Waals surface area contributed by atoms with Gasteiger partial charge in [-0.2, -0.15) is 0 Å². The van der Waals surface area contributed by atoms with Gasteiger partial charge in [0.2, 0.25) is 0 Å². The summed E-state index contributed by atoms with van der Waals surface area (Å²) in [4.78, 5) is 15.2. The van der Waals surface area contributed by atoms with Crippen molar-refractivity contribution in [3.05, 3.63) is 69.2 Å². The number of para-hydroxylation sites is 1. The average molecular weight is 332 g/mol. The minimum atomic E-state index is -0.382. The number of hydrogen-bond donors (Lipinski definition) is 0. The highest BCUT2D eigenvalue weighted by molar-refractivity contribution is 6.31. The van der Waals surface area contributed by atoms with Crippen molar-refractivity contribution in [2.45, 2.75) is 6.54 Å². The van der Waals surface area contributed by atoms with Crippen molar-refractivity contribution >= 4 is 23.0 Å². The lowest BCUT2D eigenvalue weighted by Crippen LogP contribution is -2.46. The zero-order chi connectivity index (χ0) is 16.2. The molecule has 0 aromatic heterocycles. The predicted octanol–water partition coefficient (Wildman–Crippen LogP) is 3.57. The highest BCUT2D eigenvalue weighted by atomic mass is 35.5. The number of piperazine rings is 1. The largest absolute Gasteiger partial charge is 0.369 e. The van der Waals surface area contributed by atoms with Gasteiger partial charge in [-0.25, -0.2) is 0 Å². The molecule has 2 aromatic carbocycles. The maximum Gasteiger partial charge on any atom is 0.269 e. The molecule has 6 heteroatoms. The Labute approximate surface area is 140 Å². The number of non-ortho nitro benzene ring substituents is 1. The maximum absolute atomic E-state index is 10.9. The van der Waals surface area contributed by atoms with Gasteiger partial charge < -0.3 is 4.90 Å². The Kier molecular flexibility index (Phi) is 4.79. The van der Waals surface area contributed by atoms with Gasteiger partial charge in [-0.15, -0.1) is 0 Å². The summed E-state index contributed by atoms with van der Waals surface area (Å²) in [5.74, 6) is 0. The first-order valence-electron chi connectivity index (χ1n) is 7.58. The standard InChI is InChI=1S/C17H18ClN3O2/c18-17-7-6-16(21(22)23)12-14(17)13-19-8-10-20(11-9-19)15-4-2-1-3-5-15/h1-7,12H,8-11,13H2. The molecule has 0 aliphatic carbocycles. The fourth-order valence-corrected chi connectivity index (χ4v) is 3.02. The van der Waals surface area contributed by atoms with Crippen molar-refractivity contribution in [1.82, 2.24) is 4.90 Å². The van der Waals surface area contributed by atoms with Gasteiger partial charge in [0.1, 0.15) is 0 Å². The van der Waals surface area contributed by atoms with Crippen LogP contribution < -0.4 is 4.90 Å². The SMILES string of the molecule is O=[N+]([O-])c1ccc(Cl)c(CN2CCN(c3ccccc3)CC2)c1. The second-order valence-corrected chi connectivity index (χ2v) is 6.04. The lowest BCUT2D eigenvalue weighted by molar-refractivity contribution is -0.384. The van der Waals surface area contributed by atoms with Crippen LogP contribution in [0.5, 0.6) is 0 Å². The molecular formula is C17H18ClN3O2. The highest BCUT2D eigenvalue weighted by Gasteiger charge is 2.19. The zero-order valence-corrected chi connectivity index (χ0v) is 13.4. The molecule has 23 heavy (non-hydrogen) atoms. The molecule has 0 bridgehead atoms. The number of nitro benzene ring substituents is 1. The normalized spacial score (nSPS) is 15.6. The molecule has 1 aliphatic rings. The van der Waals surface area contributed by atoms with Crippen molar-refractivity contribution in [2.24, 2.45) is 0 Å². The fraction of sp³-hybridized carbons (Fsp3) is 0.294. The fourth-order valence-electron chi connectivity index (χ4n) is 2.84. The van der Waals surface area contributed by atoms with Crippen molar-refractivity contribution in [1.29, 1.82) is 0 Å². The van der Waals surface area contributed by atoms with Gasteiger partial charge in [0.25, 0.3) is 5.69 Å². The minimum absolute atomic E-state index is 0.0901. The number of anilines is 1. The first-order chi connectivity index (χ1) is 11.1. The second kappa shape index (κ2) is 6.98. The van der Waals surface area contributed by atoms with Gasteiger partial charge in [-0.3, -0.25) is 15.0 Å². The van der Waals surface area contributed by atoms with E-state index in [0.29, 0.717) is 11.6 Å². The van der Waals surface area contributed by atoms with Crippen molar-refractivity contribution < 1.29 is 4.92 Å². The first kappa shape index (κ1) is 15.8. The van der Waals surface area contributed by atoms with E-state index in [-0.39, 0.29) is 10.6 Å². The summed E-state index contributed by atoms with van der Waals surface area (Å²) in [5.41, 5.74) is 2.14. The van der Waals surface area contributed by atoms with E-state index in [9.17, 15) is 10.1 Å². The van der Waals surface area contributed by atoms with Crippen LogP contribution in [0, 0.1) is 10.1 Å². The van der Waals surface area contributed by atoms with E-state index < -0.39 is 0 Å². The summed E-state index contributed by atoms with van der Waals surface area (Å²) in [7, 11) is 0. The second-order valence-electron chi connectivity index (χ2n) is 5.63. The Morgan fingerprint density at radius 2 is 1.74 bits per heavy atom. The number of hydrogen-bond acceptors (Lipinski definition) is 4. The molecule has 0 N–H and O–H groups in total. The Bertz CT molecular complexity index is 685. The quantitative estimate of drug-likeness (QED) is 0.635. The molecule has 0 atom stereocenters. The predicted molar refractivity (Wildman–Crippen MR) is 92.0 cm³/mol. The van der Waals surface area contributed by atoms with E-state index >= 15 is 0 Å². The summed E-state index contributed by atoms with van der Waals surface area (Å²) in [6.45, 7) is 4.35. The van der Waals surface area contributed by atoms with Crippen LogP contribution in [0.2, 0.25) is 5.02 Å². The molecule has 1 fully saturated rings. The molecule has 0 unspecified atom stereocenters. The van der Waals surface area contributed by atoms with Crippen LogP contribution in [0.4, 0.5) is 11.4 Å². The van der Waals surface area contributed by atoms with Crippen LogP contribution in [-0.2, 0) is 6.54 Å². The summed E-state index contributed by atoms with van der Waals surface area (Å²) in [6, 6.07) is 15.0. The Hall–Kier alpha value is -2.11. The van der Waals surface area contributed by atoms with Crippen LogP contribution >= 0.6 is 11.6 Å². The van der Waals surface area contributed by atoms with E-state index in [2.05, 4.69) is 21.9 Å². The van der Waals surface area contributed by atoms with Gasteiger partial charge in [0.05, 0.1) is 4.92 Å². The van der Waals surface area contributed by atoms with Gasteiger partial charge in [-0.1, -0.05) is 29.8 Å². The molecule has 120 valence electrons. The van der Waals surface area contributed by atoms with Crippen LogP contribution in [0.1, 0.15) is 5.56 Å². The third-order valence-corrected chi connectivity index (χ3v) is 4.50. The first-order valence-corrected chi connectivity index (χ1v) is 7.96. The monoisotopic (exact) mass is 331 g/mol. The molecule has 1 saturated heterocycles. The Balaban J connectivity index is 1.63. The summed E-state index contributed by atoms with van der Waals surface area (Å²) >= 11 is 6.19. The smallest absolute Gasteiger partial charge is 0.269 e. The molecule has 1 aliphatic heterocycles. The van der Waals surface area contributed by atoms with Crippen LogP contribution in [0.25, 0.3) is 0 Å². The molecular weight excluding hydrogens is 314 g/mol. The number of benzene rings is 2. The third kappa shape index (κ3) is 3.81. The third-order valence-electron chi connectivity index (χ3n) is 4.13. The Morgan fingerprint density at radius 1 is 1.04 bits per heavy atom.